The minimum absolute atomic E-state index is 0.202. The fourth-order valence-electron chi connectivity index (χ4n) is 2.79. The number of alkyl halides is 3. The Labute approximate surface area is 151 Å². The number of benzene rings is 2. The number of pyridine rings is 1. The molecule has 2 amide bonds. The minimum Gasteiger partial charge on any atom is -0.361 e. The summed E-state index contributed by atoms with van der Waals surface area (Å²) in [7, 11) is 0. The minimum atomic E-state index is -4.49. The number of carbonyl (C=O) groups is 1. The molecule has 0 fully saturated rings. The summed E-state index contributed by atoms with van der Waals surface area (Å²) in [6.45, 7) is 0. The number of halogens is 3. The van der Waals surface area contributed by atoms with Crippen molar-refractivity contribution >= 4 is 39.2 Å². The Morgan fingerprint density at radius 1 is 0.889 bits per heavy atom. The predicted molar refractivity (Wildman–Crippen MR) is 97.7 cm³/mol. The van der Waals surface area contributed by atoms with Gasteiger partial charge in [0.05, 0.1) is 5.52 Å². The van der Waals surface area contributed by atoms with Crippen LogP contribution in [0.5, 0.6) is 0 Å². The predicted octanol–water partition coefficient (Wildman–Crippen LogP) is 5.38. The van der Waals surface area contributed by atoms with Crippen molar-refractivity contribution < 1.29 is 18.0 Å². The zero-order valence-corrected chi connectivity index (χ0v) is 13.8. The molecule has 4 aromatic rings. The number of fused-ring (bicyclic) bond motifs is 2. The van der Waals surface area contributed by atoms with Gasteiger partial charge in [-0.05, 0) is 48.5 Å². The maximum atomic E-state index is 12.7. The Bertz CT molecular complexity index is 1150. The van der Waals surface area contributed by atoms with Crippen LogP contribution in [0.25, 0.3) is 21.8 Å². The Morgan fingerprint density at radius 2 is 1.59 bits per heavy atom. The van der Waals surface area contributed by atoms with E-state index in [2.05, 4.69) is 20.6 Å². The lowest BCUT2D eigenvalue weighted by molar-refractivity contribution is -0.140. The zero-order chi connectivity index (χ0) is 19.0. The van der Waals surface area contributed by atoms with E-state index in [1.807, 2.05) is 24.4 Å². The van der Waals surface area contributed by atoms with Crippen molar-refractivity contribution in [1.29, 1.82) is 0 Å². The van der Waals surface area contributed by atoms with Crippen molar-refractivity contribution in [1.82, 2.24) is 9.97 Å². The lowest BCUT2D eigenvalue weighted by Crippen LogP contribution is -2.19. The second-order valence-electron chi connectivity index (χ2n) is 5.96. The van der Waals surface area contributed by atoms with E-state index in [-0.39, 0.29) is 5.52 Å². The number of rotatable bonds is 2. The molecule has 0 atom stereocenters. The van der Waals surface area contributed by atoms with Gasteiger partial charge < -0.3 is 15.6 Å². The molecule has 8 heteroatoms. The molecule has 4 rings (SSSR count). The topological polar surface area (TPSA) is 69.8 Å². The fraction of sp³-hybridized carbons (Fsp3) is 0.0526. The highest BCUT2D eigenvalue weighted by Gasteiger charge is 2.32. The quantitative estimate of drug-likeness (QED) is 0.443. The highest BCUT2D eigenvalue weighted by molar-refractivity contribution is 6.02. The van der Waals surface area contributed by atoms with Gasteiger partial charge in [-0.3, -0.25) is 0 Å². The second kappa shape index (κ2) is 6.31. The van der Waals surface area contributed by atoms with Crippen molar-refractivity contribution in [2.45, 2.75) is 6.18 Å². The van der Waals surface area contributed by atoms with Crippen LogP contribution >= 0.6 is 0 Å². The molecule has 2 aromatic heterocycles. The SMILES string of the molecule is O=C(Nc1ccc2nc(C(F)(F)F)ccc2c1)Nc1ccc2[nH]ccc2c1. The first kappa shape index (κ1) is 16.9. The molecule has 0 aliphatic heterocycles. The number of urea groups is 1. The Hall–Kier alpha value is -3.55. The van der Waals surface area contributed by atoms with Gasteiger partial charge in [0, 0.05) is 33.9 Å². The number of nitrogens with zero attached hydrogens (tertiary/aromatic N) is 1. The largest absolute Gasteiger partial charge is 0.433 e. The van der Waals surface area contributed by atoms with Crippen LogP contribution in [-0.4, -0.2) is 16.0 Å². The van der Waals surface area contributed by atoms with Gasteiger partial charge in [0.2, 0.25) is 0 Å². The van der Waals surface area contributed by atoms with Gasteiger partial charge in [-0.25, -0.2) is 9.78 Å². The normalized spacial score (nSPS) is 11.7. The Morgan fingerprint density at radius 3 is 2.33 bits per heavy atom. The standard InChI is InChI=1S/C19H13F3N4O/c20-19(21,22)17-6-1-11-9-14(3-5-16(11)26-17)25-18(27)24-13-2-4-15-12(10-13)7-8-23-15/h1-10,23H,(H2,24,25,27). The summed E-state index contributed by atoms with van der Waals surface area (Å²) in [4.78, 5) is 18.9. The number of hydrogen-bond donors (Lipinski definition) is 3. The first-order chi connectivity index (χ1) is 12.9. The van der Waals surface area contributed by atoms with Crippen LogP contribution in [0.4, 0.5) is 29.3 Å². The number of hydrogen-bond acceptors (Lipinski definition) is 2. The van der Waals surface area contributed by atoms with E-state index in [1.165, 1.54) is 18.2 Å². The smallest absolute Gasteiger partial charge is 0.361 e. The average molecular weight is 370 g/mol. The van der Waals surface area contributed by atoms with Crippen LogP contribution in [-0.2, 0) is 6.18 Å². The molecule has 0 saturated carbocycles. The molecular formula is C19H13F3N4O. The molecule has 2 heterocycles. The Kier molecular flexibility index (Phi) is 3.95. The molecular weight excluding hydrogens is 357 g/mol. The molecule has 0 spiro atoms. The third-order valence-corrected chi connectivity index (χ3v) is 4.05. The molecule has 0 bridgehead atoms. The third-order valence-electron chi connectivity index (χ3n) is 4.05. The molecule has 27 heavy (non-hydrogen) atoms. The van der Waals surface area contributed by atoms with E-state index in [4.69, 9.17) is 0 Å². The number of aromatic nitrogens is 2. The molecule has 0 unspecified atom stereocenters. The number of aromatic amines is 1. The van der Waals surface area contributed by atoms with Gasteiger partial charge in [-0.2, -0.15) is 13.2 Å². The zero-order valence-electron chi connectivity index (χ0n) is 13.8. The van der Waals surface area contributed by atoms with Crippen LogP contribution in [0.15, 0.2) is 60.8 Å². The second-order valence-corrected chi connectivity index (χ2v) is 5.96. The number of anilines is 2. The van der Waals surface area contributed by atoms with Crippen LogP contribution in [0.1, 0.15) is 5.69 Å². The molecule has 3 N–H and O–H groups in total. The summed E-state index contributed by atoms with van der Waals surface area (Å²) < 4.78 is 38.2. The van der Waals surface area contributed by atoms with Gasteiger partial charge in [-0.1, -0.05) is 6.07 Å². The van der Waals surface area contributed by atoms with E-state index in [0.29, 0.717) is 16.8 Å². The van der Waals surface area contributed by atoms with Gasteiger partial charge in [0.25, 0.3) is 0 Å². The monoisotopic (exact) mass is 370 g/mol. The fourth-order valence-corrected chi connectivity index (χ4v) is 2.79. The van der Waals surface area contributed by atoms with E-state index in [0.717, 1.165) is 17.0 Å². The third kappa shape index (κ3) is 3.55. The first-order valence-corrected chi connectivity index (χ1v) is 8.02. The summed E-state index contributed by atoms with van der Waals surface area (Å²) in [5.41, 5.74) is 1.28. The lowest BCUT2D eigenvalue weighted by Gasteiger charge is -2.10. The number of carbonyl (C=O) groups excluding carboxylic acids is 1. The van der Waals surface area contributed by atoms with Crippen LogP contribution in [0.3, 0.4) is 0 Å². The Balaban J connectivity index is 1.51. The summed E-state index contributed by atoms with van der Waals surface area (Å²) in [6, 6.07) is 13.6. The average Bonchev–Trinajstić information content (AvgIpc) is 3.08. The summed E-state index contributed by atoms with van der Waals surface area (Å²) in [5, 5.41) is 6.84. The number of amides is 2. The van der Waals surface area contributed by atoms with Gasteiger partial charge in [0.15, 0.2) is 0 Å². The molecule has 0 radical (unpaired) electrons. The van der Waals surface area contributed by atoms with Crippen LogP contribution in [0.2, 0.25) is 0 Å². The summed E-state index contributed by atoms with van der Waals surface area (Å²) >= 11 is 0. The van der Waals surface area contributed by atoms with Crippen LogP contribution in [0, 0.1) is 0 Å². The van der Waals surface area contributed by atoms with Crippen molar-refractivity contribution in [3.8, 4) is 0 Å². The van der Waals surface area contributed by atoms with Crippen molar-refractivity contribution in [3.05, 3.63) is 66.5 Å². The molecule has 0 saturated heterocycles. The first-order valence-electron chi connectivity index (χ1n) is 8.02. The van der Waals surface area contributed by atoms with Gasteiger partial charge in [-0.15, -0.1) is 0 Å². The van der Waals surface area contributed by atoms with E-state index >= 15 is 0 Å². The molecule has 0 aliphatic carbocycles. The number of H-pyrrole nitrogens is 1. The molecule has 5 nitrogen and oxygen atoms in total. The lowest BCUT2D eigenvalue weighted by atomic mass is 10.2. The highest BCUT2D eigenvalue weighted by Crippen LogP contribution is 2.29. The van der Waals surface area contributed by atoms with E-state index in [9.17, 15) is 18.0 Å². The summed E-state index contributed by atoms with van der Waals surface area (Å²) in [5.74, 6) is 0. The van der Waals surface area contributed by atoms with Crippen LogP contribution < -0.4 is 10.6 Å². The van der Waals surface area contributed by atoms with Crippen molar-refractivity contribution in [2.75, 3.05) is 10.6 Å². The molecule has 136 valence electrons. The molecule has 2 aromatic carbocycles. The number of nitrogens with one attached hydrogen (secondary N) is 3. The van der Waals surface area contributed by atoms with Crippen molar-refractivity contribution in [2.24, 2.45) is 0 Å². The molecule has 0 aliphatic rings. The maximum Gasteiger partial charge on any atom is 0.433 e. The highest BCUT2D eigenvalue weighted by atomic mass is 19.4. The van der Waals surface area contributed by atoms with Crippen molar-refractivity contribution in [3.63, 3.8) is 0 Å². The van der Waals surface area contributed by atoms with Gasteiger partial charge in [0.1, 0.15) is 5.69 Å². The van der Waals surface area contributed by atoms with E-state index < -0.39 is 17.9 Å². The maximum absolute atomic E-state index is 12.7. The summed E-state index contributed by atoms with van der Waals surface area (Å²) in [6.07, 6.45) is -2.69. The van der Waals surface area contributed by atoms with Gasteiger partial charge >= 0.3 is 12.2 Å². The van der Waals surface area contributed by atoms with E-state index in [1.54, 1.807) is 12.1 Å².